The molecule has 24 heavy (non-hydrogen) atoms. The number of aliphatic hydroxyl groups is 1. The first-order valence-electron chi connectivity index (χ1n) is 7.69. The molecular weight excluding hydrogens is 308 g/mol. The maximum absolute atomic E-state index is 12.3. The van der Waals surface area contributed by atoms with Gasteiger partial charge in [0.2, 0.25) is 0 Å². The molecule has 0 aliphatic carbocycles. The molecule has 2 aromatic heterocycles. The highest BCUT2D eigenvalue weighted by molar-refractivity contribution is 5.96. The molecule has 124 valence electrons. The van der Waals surface area contributed by atoms with Crippen molar-refractivity contribution in [2.75, 3.05) is 0 Å². The van der Waals surface area contributed by atoms with Gasteiger partial charge in [-0.1, -0.05) is 18.2 Å². The minimum Gasteiger partial charge on any atom is -0.467 e. The molecule has 6 nitrogen and oxygen atoms in total. The number of pyridine rings is 1. The van der Waals surface area contributed by atoms with Crippen LogP contribution in [-0.2, 0) is 0 Å². The number of benzene rings is 1. The molecule has 0 saturated heterocycles. The summed E-state index contributed by atoms with van der Waals surface area (Å²) < 4.78 is 5.14. The molecular formula is C18H18N2O4. The van der Waals surface area contributed by atoms with Gasteiger partial charge in [0.15, 0.2) is 0 Å². The standard InChI is InChI=1S/C18H18N2O4/c1-11(9-15(21)16-7-4-8-24-16)19-18(23)14-10-12-5-2-3-6-13(12)17(22)20-14/h2-8,10-11,15,21H,9H2,1H3,(H,19,23)(H,20,22). The third-order valence-corrected chi connectivity index (χ3v) is 3.82. The van der Waals surface area contributed by atoms with Crippen molar-refractivity contribution in [3.05, 3.63) is 70.5 Å². The third-order valence-electron chi connectivity index (χ3n) is 3.82. The van der Waals surface area contributed by atoms with Crippen LogP contribution in [0.1, 0.15) is 35.7 Å². The number of aromatic amines is 1. The lowest BCUT2D eigenvalue weighted by Gasteiger charge is -2.16. The van der Waals surface area contributed by atoms with E-state index in [9.17, 15) is 14.7 Å². The predicted octanol–water partition coefficient (Wildman–Crippen LogP) is 2.36. The summed E-state index contributed by atoms with van der Waals surface area (Å²) in [5, 5.41) is 14.1. The summed E-state index contributed by atoms with van der Waals surface area (Å²) in [7, 11) is 0. The van der Waals surface area contributed by atoms with E-state index in [1.807, 2.05) is 6.07 Å². The van der Waals surface area contributed by atoms with Crippen LogP contribution in [0.25, 0.3) is 10.8 Å². The van der Waals surface area contributed by atoms with Crippen LogP contribution in [0.2, 0.25) is 0 Å². The molecule has 0 fully saturated rings. The molecule has 1 aromatic carbocycles. The second kappa shape index (κ2) is 6.72. The lowest BCUT2D eigenvalue weighted by molar-refractivity contribution is 0.0898. The van der Waals surface area contributed by atoms with Crippen LogP contribution >= 0.6 is 0 Å². The Kier molecular flexibility index (Phi) is 4.48. The van der Waals surface area contributed by atoms with Gasteiger partial charge in [-0.2, -0.15) is 0 Å². The normalized spacial score (nSPS) is 13.6. The number of nitrogens with one attached hydrogen (secondary N) is 2. The Morgan fingerprint density at radius 1 is 1.29 bits per heavy atom. The number of fused-ring (bicyclic) bond motifs is 1. The zero-order valence-corrected chi connectivity index (χ0v) is 13.2. The van der Waals surface area contributed by atoms with Gasteiger partial charge in [0, 0.05) is 17.8 Å². The fourth-order valence-corrected chi connectivity index (χ4v) is 2.63. The fourth-order valence-electron chi connectivity index (χ4n) is 2.63. The van der Waals surface area contributed by atoms with Gasteiger partial charge in [-0.05, 0) is 36.6 Å². The van der Waals surface area contributed by atoms with Gasteiger partial charge >= 0.3 is 0 Å². The Morgan fingerprint density at radius 2 is 2.08 bits per heavy atom. The molecule has 2 heterocycles. The molecule has 6 heteroatoms. The Morgan fingerprint density at radius 3 is 2.83 bits per heavy atom. The van der Waals surface area contributed by atoms with E-state index < -0.39 is 12.0 Å². The highest BCUT2D eigenvalue weighted by Crippen LogP contribution is 2.18. The quantitative estimate of drug-likeness (QED) is 0.671. The van der Waals surface area contributed by atoms with Gasteiger partial charge in [-0.25, -0.2) is 0 Å². The highest BCUT2D eigenvalue weighted by Gasteiger charge is 2.18. The van der Waals surface area contributed by atoms with Gasteiger partial charge in [0.1, 0.15) is 17.6 Å². The predicted molar refractivity (Wildman–Crippen MR) is 89.8 cm³/mol. The van der Waals surface area contributed by atoms with E-state index in [0.29, 0.717) is 23.0 Å². The van der Waals surface area contributed by atoms with Crippen molar-refractivity contribution in [1.29, 1.82) is 0 Å². The second-order valence-corrected chi connectivity index (χ2v) is 5.74. The number of aromatic nitrogens is 1. The summed E-state index contributed by atoms with van der Waals surface area (Å²) >= 11 is 0. The number of carbonyl (C=O) groups excluding carboxylic acids is 1. The number of H-pyrrole nitrogens is 1. The van der Waals surface area contributed by atoms with Crippen molar-refractivity contribution in [3.63, 3.8) is 0 Å². The van der Waals surface area contributed by atoms with Crippen molar-refractivity contribution < 1.29 is 14.3 Å². The van der Waals surface area contributed by atoms with E-state index in [-0.39, 0.29) is 17.3 Å². The van der Waals surface area contributed by atoms with Crippen molar-refractivity contribution in [2.45, 2.75) is 25.5 Å². The summed E-state index contributed by atoms with van der Waals surface area (Å²) in [5.41, 5.74) is -0.112. The molecule has 2 atom stereocenters. The topological polar surface area (TPSA) is 95.3 Å². The van der Waals surface area contributed by atoms with Crippen molar-refractivity contribution >= 4 is 16.7 Å². The number of hydrogen-bond acceptors (Lipinski definition) is 4. The first-order chi connectivity index (χ1) is 11.5. The van der Waals surface area contributed by atoms with Crippen LogP contribution < -0.4 is 10.9 Å². The van der Waals surface area contributed by atoms with Crippen LogP contribution in [0, 0.1) is 0 Å². The second-order valence-electron chi connectivity index (χ2n) is 5.74. The van der Waals surface area contributed by atoms with Gasteiger partial charge in [0.25, 0.3) is 11.5 Å². The zero-order chi connectivity index (χ0) is 17.1. The first kappa shape index (κ1) is 16.0. The molecule has 0 saturated carbocycles. The molecule has 0 bridgehead atoms. The average Bonchev–Trinajstić information content (AvgIpc) is 3.09. The molecule has 3 aromatic rings. The van der Waals surface area contributed by atoms with Crippen LogP contribution in [-0.4, -0.2) is 22.0 Å². The molecule has 1 amide bonds. The molecule has 2 unspecified atom stereocenters. The lowest BCUT2D eigenvalue weighted by atomic mass is 10.1. The first-order valence-corrected chi connectivity index (χ1v) is 7.69. The van der Waals surface area contributed by atoms with Crippen molar-refractivity contribution in [3.8, 4) is 0 Å². The molecule has 0 spiro atoms. The smallest absolute Gasteiger partial charge is 0.268 e. The van der Waals surface area contributed by atoms with Crippen molar-refractivity contribution in [1.82, 2.24) is 10.3 Å². The van der Waals surface area contributed by atoms with Crippen LogP contribution in [0.4, 0.5) is 0 Å². The van der Waals surface area contributed by atoms with Crippen LogP contribution in [0.15, 0.2) is 57.9 Å². The minimum atomic E-state index is -0.800. The monoisotopic (exact) mass is 326 g/mol. The van der Waals surface area contributed by atoms with Crippen LogP contribution in [0.5, 0.6) is 0 Å². The summed E-state index contributed by atoms with van der Waals surface area (Å²) in [6, 6.07) is 11.8. The van der Waals surface area contributed by atoms with Gasteiger partial charge in [-0.3, -0.25) is 9.59 Å². The molecule has 3 rings (SSSR count). The lowest BCUT2D eigenvalue weighted by Crippen LogP contribution is -2.35. The van der Waals surface area contributed by atoms with Crippen LogP contribution in [0.3, 0.4) is 0 Å². The van der Waals surface area contributed by atoms with E-state index in [0.717, 1.165) is 0 Å². The number of amides is 1. The number of furan rings is 1. The number of hydrogen-bond donors (Lipinski definition) is 3. The summed E-state index contributed by atoms with van der Waals surface area (Å²) in [4.78, 5) is 27.0. The van der Waals surface area contributed by atoms with Gasteiger partial charge in [0.05, 0.1) is 6.26 Å². The number of rotatable bonds is 5. The molecule has 0 aliphatic rings. The molecule has 0 radical (unpaired) electrons. The maximum atomic E-state index is 12.3. The summed E-state index contributed by atoms with van der Waals surface area (Å²) in [5.74, 6) is 0.0622. The summed E-state index contributed by atoms with van der Waals surface area (Å²) in [6.07, 6.45) is 0.990. The van der Waals surface area contributed by atoms with Gasteiger partial charge in [-0.15, -0.1) is 0 Å². The Balaban J connectivity index is 1.71. The van der Waals surface area contributed by atoms with E-state index >= 15 is 0 Å². The highest BCUT2D eigenvalue weighted by atomic mass is 16.4. The SMILES string of the molecule is CC(CC(O)c1ccco1)NC(=O)c1cc2ccccc2c(=O)[nH]1. The maximum Gasteiger partial charge on any atom is 0.268 e. The largest absolute Gasteiger partial charge is 0.467 e. The Labute approximate surface area is 138 Å². The third kappa shape index (κ3) is 3.38. The Hall–Kier alpha value is -2.86. The van der Waals surface area contributed by atoms with Crippen molar-refractivity contribution in [2.24, 2.45) is 0 Å². The van der Waals surface area contributed by atoms with E-state index in [1.165, 1.54) is 6.26 Å². The number of aliphatic hydroxyl groups excluding tert-OH is 1. The molecule has 0 aliphatic heterocycles. The average molecular weight is 326 g/mol. The number of carbonyl (C=O) groups is 1. The fraction of sp³-hybridized carbons (Fsp3) is 0.222. The Bertz CT molecular complexity index is 899. The van der Waals surface area contributed by atoms with Gasteiger partial charge < -0.3 is 19.8 Å². The van der Waals surface area contributed by atoms with E-state index in [1.54, 1.807) is 43.3 Å². The molecule has 3 N–H and O–H groups in total. The summed E-state index contributed by atoms with van der Waals surface area (Å²) in [6.45, 7) is 1.78. The minimum absolute atomic E-state index is 0.193. The zero-order valence-electron chi connectivity index (χ0n) is 13.2. The van der Waals surface area contributed by atoms with E-state index in [4.69, 9.17) is 4.42 Å². The van der Waals surface area contributed by atoms with E-state index in [2.05, 4.69) is 10.3 Å².